The second-order valence-corrected chi connectivity index (χ2v) is 4.59. The Labute approximate surface area is 139 Å². The van der Waals surface area contributed by atoms with Crippen LogP contribution in [0.25, 0.3) is 0 Å². The number of carboxylic acid groups (broad SMARTS) is 1. The zero-order valence-corrected chi connectivity index (χ0v) is 13.2. The Kier molecular flexibility index (Phi) is 7.70. The molecular weight excluding hydrogens is 312 g/mol. The molecule has 24 heavy (non-hydrogen) atoms. The van der Waals surface area contributed by atoms with Crippen molar-refractivity contribution < 1.29 is 29.0 Å². The summed E-state index contributed by atoms with van der Waals surface area (Å²) in [4.78, 5) is 33.5. The van der Waals surface area contributed by atoms with Crippen molar-refractivity contribution in [1.29, 1.82) is 0 Å². The minimum Gasteiger partial charge on any atom is -0.482 e. The zero-order chi connectivity index (χ0) is 17.9. The fraction of sp³-hybridized carbons (Fsp3) is 0.167. The van der Waals surface area contributed by atoms with Gasteiger partial charge < -0.3 is 14.6 Å². The van der Waals surface area contributed by atoms with E-state index in [1.165, 1.54) is 18.2 Å². The molecule has 0 unspecified atom stereocenters. The molecule has 0 radical (unpaired) electrons. The van der Waals surface area contributed by atoms with Gasteiger partial charge in [-0.2, -0.15) is 0 Å². The van der Waals surface area contributed by atoms with Gasteiger partial charge in [0.15, 0.2) is 12.9 Å². The molecule has 1 aromatic carbocycles. The molecule has 0 atom stereocenters. The number of carbonyl (C=O) groups is 3. The summed E-state index contributed by atoms with van der Waals surface area (Å²) in [6.45, 7) is 5.18. The molecule has 0 heterocycles. The smallest absolute Gasteiger partial charge is 0.344 e. The number of esters is 1. The van der Waals surface area contributed by atoms with Crippen LogP contribution in [0.5, 0.6) is 5.75 Å². The van der Waals surface area contributed by atoms with Crippen molar-refractivity contribution in [2.24, 2.45) is 0 Å². The number of hydrogen-bond donors (Lipinski definition) is 1. The van der Waals surface area contributed by atoms with E-state index in [4.69, 9.17) is 14.6 Å². The Morgan fingerprint density at radius 1 is 1.29 bits per heavy atom. The predicted octanol–water partition coefficient (Wildman–Crippen LogP) is 2.81. The van der Waals surface area contributed by atoms with Gasteiger partial charge in [0.05, 0.1) is 5.56 Å². The Balaban J connectivity index is 2.60. The minimum absolute atomic E-state index is 0.0309. The number of allylic oxidation sites excluding steroid dienone is 3. The summed E-state index contributed by atoms with van der Waals surface area (Å²) >= 11 is 0. The van der Waals surface area contributed by atoms with Crippen molar-refractivity contribution in [3.05, 3.63) is 65.8 Å². The van der Waals surface area contributed by atoms with Crippen LogP contribution in [0.15, 0.2) is 54.7 Å². The zero-order valence-electron chi connectivity index (χ0n) is 13.2. The molecule has 0 amide bonds. The van der Waals surface area contributed by atoms with Crippen LogP contribution in [0.3, 0.4) is 0 Å². The van der Waals surface area contributed by atoms with Gasteiger partial charge in [0.2, 0.25) is 0 Å². The molecule has 1 rings (SSSR count). The number of rotatable bonds is 9. The topological polar surface area (TPSA) is 89.9 Å². The normalized spacial score (nSPS) is 11.1. The monoisotopic (exact) mass is 330 g/mol. The van der Waals surface area contributed by atoms with E-state index in [9.17, 15) is 14.4 Å². The Bertz CT molecular complexity index is 685. The van der Waals surface area contributed by atoms with Crippen molar-refractivity contribution in [3.63, 3.8) is 0 Å². The van der Waals surface area contributed by atoms with Crippen LogP contribution in [0.4, 0.5) is 0 Å². The van der Waals surface area contributed by atoms with Crippen molar-refractivity contribution in [1.82, 2.24) is 0 Å². The van der Waals surface area contributed by atoms with E-state index in [1.54, 1.807) is 18.2 Å². The van der Waals surface area contributed by atoms with E-state index in [2.05, 4.69) is 6.58 Å². The molecule has 0 aliphatic heterocycles. The fourth-order valence-electron chi connectivity index (χ4n) is 1.67. The average Bonchev–Trinajstić information content (AvgIpc) is 2.59. The van der Waals surface area contributed by atoms with Crippen LogP contribution in [-0.2, 0) is 9.53 Å². The van der Waals surface area contributed by atoms with Crippen molar-refractivity contribution >= 4 is 18.2 Å². The number of benzene rings is 1. The summed E-state index contributed by atoms with van der Waals surface area (Å²) in [5.74, 6) is -1.61. The van der Waals surface area contributed by atoms with Gasteiger partial charge in [0.1, 0.15) is 12.4 Å². The van der Waals surface area contributed by atoms with Crippen LogP contribution in [0, 0.1) is 0 Å². The summed E-state index contributed by atoms with van der Waals surface area (Å²) in [7, 11) is 0. The van der Waals surface area contributed by atoms with Crippen LogP contribution >= 0.6 is 0 Å². The Morgan fingerprint density at radius 3 is 2.62 bits per heavy atom. The maximum Gasteiger partial charge on any atom is 0.344 e. The first-order valence-corrected chi connectivity index (χ1v) is 7.07. The number of aldehydes is 1. The molecule has 126 valence electrons. The van der Waals surface area contributed by atoms with Gasteiger partial charge in [0, 0.05) is 5.56 Å². The Morgan fingerprint density at radius 2 is 2.04 bits per heavy atom. The maximum absolute atomic E-state index is 11.6. The highest BCUT2D eigenvalue weighted by molar-refractivity contribution is 5.97. The van der Waals surface area contributed by atoms with E-state index in [0.29, 0.717) is 6.29 Å². The highest BCUT2D eigenvalue weighted by atomic mass is 16.6. The van der Waals surface area contributed by atoms with Crippen LogP contribution in [0.2, 0.25) is 0 Å². The minimum atomic E-state index is -1.21. The Hall–Kier alpha value is -3.15. The van der Waals surface area contributed by atoms with Gasteiger partial charge in [-0.1, -0.05) is 30.9 Å². The SMILES string of the molecule is C=C/C(=C\C=C/C)COC(=O)COc1ccc(C(=O)O)c(C=O)c1. The summed E-state index contributed by atoms with van der Waals surface area (Å²) in [6.07, 6.45) is 7.39. The summed E-state index contributed by atoms with van der Waals surface area (Å²) in [5.41, 5.74) is 0.566. The molecule has 0 saturated heterocycles. The van der Waals surface area contributed by atoms with E-state index in [-0.39, 0.29) is 30.1 Å². The van der Waals surface area contributed by atoms with E-state index < -0.39 is 11.9 Å². The maximum atomic E-state index is 11.6. The van der Waals surface area contributed by atoms with Gasteiger partial charge in [-0.15, -0.1) is 0 Å². The molecule has 0 spiro atoms. The number of aromatic carboxylic acids is 1. The molecule has 6 heteroatoms. The molecule has 6 nitrogen and oxygen atoms in total. The van der Waals surface area contributed by atoms with Crippen LogP contribution < -0.4 is 4.74 Å². The lowest BCUT2D eigenvalue weighted by Gasteiger charge is -2.08. The quantitative estimate of drug-likeness (QED) is 0.425. The summed E-state index contributed by atoms with van der Waals surface area (Å²) < 4.78 is 10.2. The lowest BCUT2D eigenvalue weighted by atomic mass is 10.1. The van der Waals surface area contributed by atoms with Gasteiger partial charge in [0.25, 0.3) is 0 Å². The molecule has 0 bridgehead atoms. The van der Waals surface area contributed by atoms with Gasteiger partial charge in [-0.25, -0.2) is 9.59 Å². The largest absolute Gasteiger partial charge is 0.482 e. The standard InChI is InChI=1S/C18H18O6/c1-3-5-6-13(4-2)11-24-17(20)12-23-15-7-8-16(18(21)22)14(9-15)10-19/h3-10H,2,11-12H2,1H3,(H,21,22)/b5-3-,13-6+. The highest BCUT2D eigenvalue weighted by Gasteiger charge is 2.11. The lowest BCUT2D eigenvalue weighted by Crippen LogP contribution is -2.16. The number of ether oxygens (including phenoxy) is 2. The molecule has 0 aliphatic rings. The summed E-state index contributed by atoms with van der Waals surface area (Å²) in [6, 6.07) is 3.86. The first-order valence-electron chi connectivity index (χ1n) is 7.07. The molecule has 0 aromatic heterocycles. The molecular formula is C18H18O6. The van der Waals surface area contributed by atoms with Crippen molar-refractivity contribution in [2.45, 2.75) is 6.92 Å². The predicted molar refractivity (Wildman–Crippen MR) is 88.3 cm³/mol. The third kappa shape index (κ3) is 5.92. The second-order valence-electron chi connectivity index (χ2n) is 4.59. The lowest BCUT2D eigenvalue weighted by molar-refractivity contribution is -0.144. The summed E-state index contributed by atoms with van der Waals surface area (Å²) in [5, 5.41) is 8.92. The van der Waals surface area contributed by atoms with Gasteiger partial charge >= 0.3 is 11.9 Å². The van der Waals surface area contributed by atoms with Crippen molar-refractivity contribution in [2.75, 3.05) is 13.2 Å². The second kappa shape index (κ2) is 9.78. The first-order chi connectivity index (χ1) is 11.5. The number of carbonyl (C=O) groups excluding carboxylic acids is 2. The average molecular weight is 330 g/mol. The van der Waals surface area contributed by atoms with Gasteiger partial charge in [-0.05, 0) is 30.7 Å². The van der Waals surface area contributed by atoms with Crippen LogP contribution in [-0.4, -0.2) is 36.5 Å². The first kappa shape index (κ1) is 18.9. The highest BCUT2D eigenvalue weighted by Crippen LogP contribution is 2.17. The van der Waals surface area contributed by atoms with E-state index in [0.717, 1.165) is 5.57 Å². The van der Waals surface area contributed by atoms with E-state index in [1.807, 2.05) is 13.0 Å². The molecule has 0 aliphatic carbocycles. The molecule has 1 aromatic rings. The number of carboxylic acids is 1. The molecule has 0 saturated carbocycles. The molecule has 0 fully saturated rings. The van der Waals surface area contributed by atoms with E-state index >= 15 is 0 Å². The molecule has 1 N–H and O–H groups in total. The third-order valence-electron chi connectivity index (χ3n) is 2.90. The third-order valence-corrected chi connectivity index (χ3v) is 2.90. The van der Waals surface area contributed by atoms with Gasteiger partial charge in [-0.3, -0.25) is 4.79 Å². The van der Waals surface area contributed by atoms with Crippen LogP contribution in [0.1, 0.15) is 27.6 Å². The number of hydrogen-bond acceptors (Lipinski definition) is 5. The van der Waals surface area contributed by atoms with Crippen molar-refractivity contribution in [3.8, 4) is 5.75 Å². The fourth-order valence-corrected chi connectivity index (χ4v) is 1.67.